The second kappa shape index (κ2) is 13.8. The van der Waals surface area contributed by atoms with Crippen LogP contribution in [0, 0.1) is 0 Å². The Morgan fingerprint density at radius 2 is 1.18 bits per heavy atom. The Kier molecular flexibility index (Phi) is 9.77. The zero-order valence-corrected chi connectivity index (χ0v) is 22.1. The number of aliphatic hydroxyl groups excluding tert-OH is 1. The summed E-state index contributed by atoms with van der Waals surface area (Å²) in [6.07, 6.45) is -0.585. The van der Waals surface area contributed by atoms with Crippen molar-refractivity contribution in [3.05, 3.63) is 120 Å². The summed E-state index contributed by atoms with van der Waals surface area (Å²) in [4.78, 5) is 0. The maximum absolute atomic E-state index is 10.4. The summed E-state index contributed by atoms with van der Waals surface area (Å²) in [7, 11) is 1.59. The van der Waals surface area contributed by atoms with Gasteiger partial charge in [-0.3, -0.25) is 0 Å². The first-order valence-corrected chi connectivity index (χ1v) is 13.4. The van der Waals surface area contributed by atoms with Crippen LogP contribution in [-0.2, 0) is 48.2 Å². The van der Waals surface area contributed by atoms with Crippen molar-refractivity contribution in [3.8, 4) is 0 Å². The van der Waals surface area contributed by atoms with Crippen LogP contribution in [0.3, 0.4) is 0 Å². The molecule has 7 atom stereocenters. The fourth-order valence-electron chi connectivity index (χ4n) is 5.00. The van der Waals surface area contributed by atoms with E-state index in [9.17, 15) is 5.11 Å². The molecule has 0 aromatic heterocycles. The predicted octanol–water partition coefficient (Wildman–Crippen LogP) is 4.78. The highest BCUT2D eigenvalue weighted by atomic mass is 16.7. The van der Waals surface area contributed by atoms with Gasteiger partial charge in [-0.05, 0) is 22.8 Å². The maximum Gasteiger partial charge on any atom is 0.186 e. The first-order chi connectivity index (χ1) is 19.2. The lowest BCUT2D eigenvalue weighted by atomic mass is 9.91. The molecule has 2 unspecified atom stereocenters. The van der Waals surface area contributed by atoms with Gasteiger partial charge in [0.15, 0.2) is 6.29 Å². The average molecular weight is 533 g/mol. The minimum absolute atomic E-state index is 0.352. The van der Waals surface area contributed by atoms with E-state index in [4.69, 9.17) is 28.4 Å². The molecule has 0 amide bonds. The Labute approximate surface area is 229 Å². The van der Waals surface area contributed by atoms with Crippen molar-refractivity contribution in [1.29, 1.82) is 0 Å². The highest BCUT2D eigenvalue weighted by molar-refractivity contribution is 5.16. The van der Waals surface area contributed by atoms with E-state index in [1.807, 2.05) is 91.0 Å². The summed E-state index contributed by atoms with van der Waals surface area (Å²) < 4.78 is 37.9. The van der Waals surface area contributed by atoms with Gasteiger partial charge in [0, 0.05) is 13.5 Å². The number of hydrogen-bond donors (Lipinski definition) is 1. The molecule has 0 aliphatic carbocycles. The standard InChI is InChI=1S/C32H36O7/c1-34-32-31(38-22-25-15-9-4-10-16-25)30(37-21-24-13-7-3-8-14-24)29(36-20-23-11-5-2-6-12-23)28(39-32)27-19-26(33)17-18-35-27/h2-18,26-33H,19-22H2,1H3/t26?,27?,28-,29-,30+,31-,32+/m1/s1. The van der Waals surface area contributed by atoms with E-state index in [1.54, 1.807) is 13.2 Å². The summed E-state index contributed by atoms with van der Waals surface area (Å²) in [5.74, 6) is 0. The number of hydrogen-bond acceptors (Lipinski definition) is 7. The smallest absolute Gasteiger partial charge is 0.186 e. The van der Waals surface area contributed by atoms with Gasteiger partial charge in [-0.25, -0.2) is 0 Å². The Bertz CT molecular complexity index is 1140. The van der Waals surface area contributed by atoms with Crippen molar-refractivity contribution in [2.75, 3.05) is 7.11 Å². The zero-order chi connectivity index (χ0) is 26.9. The SMILES string of the molecule is CO[C@H]1O[C@H](C2CC(O)C=CO2)[C@@H](OCc2ccccc2)[C@H](OCc2ccccc2)[C@H]1OCc1ccccc1. The molecule has 2 aliphatic rings. The Morgan fingerprint density at radius 1 is 0.692 bits per heavy atom. The predicted molar refractivity (Wildman–Crippen MR) is 145 cm³/mol. The van der Waals surface area contributed by atoms with Gasteiger partial charge in [-0.15, -0.1) is 0 Å². The van der Waals surface area contributed by atoms with Gasteiger partial charge < -0.3 is 33.5 Å². The Hall–Kier alpha value is -3.04. The minimum Gasteiger partial charge on any atom is -0.495 e. The quantitative estimate of drug-likeness (QED) is 0.381. The molecule has 39 heavy (non-hydrogen) atoms. The van der Waals surface area contributed by atoms with Crippen molar-refractivity contribution >= 4 is 0 Å². The van der Waals surface area contributed by atoms with E-state index < -0.39 is 42.9 Å². The zero-order valence-electron chi connectivity index (χ0n) is 22.1. The summed E-state index contributed by atoms with van der Waals surface area (Å²) in [5.41, 5.74) is 3.09. The third-order valence-electron chi connectivity index (χ3n) is 7.01. The van der Waals surface area contributed by atoms with Gasteiger partial charge in [0.1, 0.15) is 30.5 Å². The molecule has 7 heteroatoms. The Morgan fingerprint density at radius 3 is 1.67 bits per heavy atom. The van der Waals surface area contributed by atoms with Gasteiger partial charge >= 0.3 is 0 Å². The molecule has 0 saturated carbocycles. The van der Waals surface area contributed by atoms with E-state index in [0.717, 1.165) is 16.7 Å². The maximum atomic E-state index is 10.4. The molecular formula is C32H36O7. The fourth-order valence-corrected chi connectivity index (χ4v) is 5.00. The molecule has 7 nitrogen and oxygen atoms in total. The average Bonchev–Trinajstić information content (AvgIpc) is 2.99. The van der Waals surface area contributed by atoms with Gasteiger partial charge in [0.25, 0.3) is 0 Å². The van der Waals surface area contributed by atoms with Crippen LogP contribution < -0.4 is 0 Å². The molecule has 2 heterocycles. The van der Waals surface area contributed by atoms with Crippen molar-refractivity contribution < 1.29 is 33.5 Å². The van der Waals surface area contributed by atoms with Gasteiger partial charge in [0.2, 0.25) is 0 Å². The molecule has 0 radical (unpaired) electrons. The number of aliphatic hydroxyl groups is 1. The summed E-state index contributed by atoms with van der Waals surface area (Å²) in [5, 5.41) is 10.4. The van der Waals surface area contributed by atoms with E-state index in [0.29, 0.717) is 26.2 Å². The second-order valence-corrected chi connectivity index (χ2v) is 9.79. The van der Waals surface area contributed by atoms with Crippen LogP contribution in [0.25, 0.3) is 0 Å². The van der Waals surface area contributed by atoms with Crippen molar-refractivity contribution in [2.24, 2.45) is 0 Å². The lowest BCUT2D eigenvalue weighted by Crippen LogP contribution is -2.63. The van der Waals surface area contributed by atoms with E-state index in [2.05, 4.69) is 0 Å². The molecule has 1 N–H and O–H groups in total. The second-order valence-electron chi connectivity index (χ2n) is 9.79. The molecular weight excluding hydrogens is 496 g/mol. The van der Waals surface area contributed by atoms with Crippen LogP contribution in [-0.4, -0.2) is 55.1 Å². The van der Waals surface area contributed by atoms with Crippen LogP contribution >= 0.6 is 0 Å². The lowest BCUT2D eigenvalue weighted by molar-refractivity contribution is -0.330. The molecule has 3 aromatic carbocycles. The molecule has 5 rings (SSSR count). The van der Waals surface area contributed by atoms with Crippen LogP contribution in [0.5, 0.6) is 0 Å². The van der Waals surface area contributed by atoms with Crippen LogP contribution in [0.4, 0.5) is 0 Å². The van der Waals surface area contributed by atoms with Crippen molar-refractivity contribution in [1.82, 2.24) is 0 Å². The first-order valence-electron chi connectivity index (χ1n) is 13.4. The van der Waals surface area contributed by atoms with Crippen molar-refractivity contribution in [2.45, 2.75) is 69.2 Å². The summed E-state index contributed by atoms with van der Waals surface area (Å²) in [6.45, 7) is 1.07. The topological polar surface area (TPSA) is 75.6 Å². The molecule has 0 bridgehead atoms. The minimum atomic E-state index is -0.734. The summed E-state index contributed by atoms with van der Waals surface area (Å²) >= 11 is 0. The van der Waals surface area contributed by atoms with E-state index in [-0.39, 0.29) is 0 Å². The van der Waals surface area contributed by atoms with Gasteiger partial charge in [0.05, 0.1) is 32.2 Å². The molecule has 2 aliphatic heterocycles. The van der Waals surface area contributed by atoms with Crippen molar-refractivity contribution in [3.63, 3.8) is 0 Å². The number of ether oxygens (including phenoxy) is 6. The Balaban J connectivity index is 1.44. The highest BCUT2D eigenvalue weighted by Gasteiger charge is 2.52. The molecule has 3 aromatic rings. The number of methoxy groups -OCH3 is 1. The third kappa shape index (κ3) is 7.33. The summed E-state index contributed by atoms with van der Waals surface area (Å²) in [6, 6.07) is 29.9. The molecule has 1 fully saturated rings. The lowest BCUT2D eigenvalue weighted by Gasteiger charge is -2.47. The van der Waals surface area contributed by atoms with Crippen LogP contribution in [0.2, 0.25) is 0 Å². The fraction of sp³-hybridized carbons (Fsp3) is 0.375. The van der Waals surface area contributed by atoms with Gasteiger partial charge in [-0.2, -0.15) is 0 Å². The van der Waals surface area contributed by atoms with E-state index in [1.165, 1.54) is 6.26 Å². The molecule has 0 spiro atoms. The first kappa shape index (κ1) is 27.5. The normalized spacial score (nSPS) is 28.6. The molecule has 1 saturated heterocycles. The number of rotatable bonds is 11. The van der Waals surface area contributed by atoms with Crippen LogP contribution in [0.1, 0.15) is 23.1 Å². The third-order valence-corrected chi connectivity index (χ3v) is 7.01. The van der Waals surface area contributed by atoms with E-state index >= 15 is 0 Å². The van der Waals surface area contributed by atoms with Gasteiger partial charge in [-0.1, -0.05) is 91.0 Å². The largest absolute Gasteiger partial charge is 0.495 e. The molecule has 206 valence electrons. The highest BCUT2D eigenvalue weighted by Crippen LogP contribution is 2.34. The van der Waals surface area contributed by atoms with Crippen LogP contribution in [0.15, 0.2) is 103 Å². The number of benzene rings is 3. The monoisotopic (exact) mass is 532 g/mol.